The lowest BCUT2D eigenvalue weighted by Gasteiger charge is -2.40. The number of carboxylic acids is 2. The minimum Gasteiger partial charge on any atom is -0.481 e. The number of aliphatic carboxylic acids is 2. The van der Waals surface area contributed by atoms with E-state index in [2.05, 4.69) is 16.0 Å². The number of hydrogen-bond donors (Lipinski definition) is 5. The molecule has 0 saturated heterocycles. The Hall–Kier alpha value is -5.80. The molecule has 0 saturated carbocycles. The van der Waals surface area contributed by atoms with Crippen molar-refractivity contribution >= 4 is 58.3 Å². The van der Waals surface area contributed by atoms with Crippen LogP contribution >= 0.6 is 0 Å². The first-order valence-electron chi connectivity index (χ1n) is 20.3. The fraction of sp³-hybridized carbons (Fsp3) is 0.545. The fourth-order valence-electron chi connectivity index (χ4n) is 7.31. The smallest absolute Gasteiger partial charge is 0.326 e. The number of aromatic nitrogens is 1. The second kappa shape index (κ2) is 20.4. The van der Waals surface area contributed by atoms with Crippen molar-refractivity contribution in [3.8, 4) is 0 Å². The van der Waals surface area contributed by atoms with Crippen LogP contribution in [0.5, 0.6) is 0 Å². The Morgan fingerprint density at radius 2 is 1.47 bits per heavy atom. The van der Waals surface area contributed by atoms with Gasteiger partial charge >= 0.3 is 11.9 Å². The van der Waals surface area contributed by atoms with E-state index in [9.17, 15) is 43.5 Å². The summed E-state index contributed by atoms with van der Waals surface area (Å²) in [4.78, 5) is 105. The molecule has 3 rings (SSSR count). The summed E-state index contributed by atoms with van der Waals surface area (Å²) in [7, 11) is 3.45. The van der Waals surface area contributed by atoms with Crippen LogP contribution in [0, 0.1) is 11.3 Å². The molecule has 0 bridgehead atoms. The second-order valence-corrected chi connectivity index (χ2v) is 17.5. The van der Waals surface area contributed by atoms with Gasteiger partial charge in [-0.25, -0.2) is 4.79 Å². The molecule has 16 nitrogen and oxygen atoms in total. The van der Waals surface area contributed by atoms with Crippen molar-refractivity contribution in [1.29, 1.82) is 0 Å². The molecule has 6 amide bonds. The minimum atomic E-state index is -1.43. The maximum absolute atomic E-state index is 14.7. The number of hydrogen-bond acceptors (Lipinski definition) is 8. The molecule has 2 unspecified atom stereocenters. The third-order valence-electron chi connectivity index (χ3n) is 11.0. The number of nitrogens with one attached hydrogen (secondary N) is 3. The van der Waals surface area contributed by atoms with E-state index in [4.69, 9.17) is 5.11 Å². The van der Waals surface area contributed by atoms with E-state index in [1.165, 1.54) is 24.0 Å². The van der Waals surface area contributed by atoms with Gasteiger partial charge in [0.2, 0.25) is 23.6 Å². The van der Waals surface area contributed by atoms with Gasteiger partial charge in [-0.3, -0.25) is 38.5 Å². The Bertz CT molecular complexity index is 2010. The fourth-order valence-corrected chi connectivity index (χ4v) is 7.31. The average molecular weight is 835 g/mol. The Morgan fingerprint density at radius 3 is 2.03 bits per heavy atom. The number of carboxylic acid groups (broad SMARTS) is 2. The monoisotopic (exact) mass is 834 g/mol. The van der Waals surface area contributed by atoms with Crippen LogP contribution in [-0.4, -0.2) is 110 Å². The molecule has 0 aliphatic carbocycles. The topological polar surface area (TPSA) is 225 Å². The lowest BCUT2D eigenvalue weighted by Crippen LogP contribution is -2.62. The highest BCUT2D eigenvalue weighted by atomic mass is 16.4. The molecule has 16 heteroatoms. The van der Waals surface area contributed by atoms with Crippen LogP contribution in [0.25, 0.3) is 10.9 Å². The van der Waals surface area contributed by atoms with Gasteiger partial charge < -0.3 is 35.6 Å². The molecule has 2 aromatic rings. The molecule has 2 heterocycles. The van der Waals surface area contributed by atoms with Crippen LogP contribution in [0.15, 0.2) is 54.3 Å². The molecule has 1 aliphatic rings. The highest BCUT2D eigenvalue weighted by molar-refractivity contribution is 6.12. The number of carbonyl (C=O) groups is 8. The maximum Gasteiger partial charge on any atom is 0.326 e. The molecule has 5 N–H and O–H groups in total. The molecule has 328 valence electrons. The largest absolute Gasteiger partial charge is 0.481 e. The minimum absolute atomic E-state index is 0.0714. The first-order chi connectivity index (χ1) is 27.9. The summed E-state index contributed by atoms with van der Waals surface area (Å²) in [5.74, 6) is -5.73. The summed E-state index contributed by atoms with van der Waals surface area (Å²) in [5.41, 5.74) is -0.00861. The van der Waals surface area contributed by atoms with Crippen LogP contribution < -0.4 is 16.0 Å². The molecule has 1 aromatic carbocycles. The second-order valence-electron chi connectivity index (χ2n) is 17.5. The number of unbranched alkanes of at least 4 members (excludes halogenated alkanes) is 2. The standard InChI is InChI=1S/C44H62N6O10/c1-26(2)32(24-27(3)39(56)45-30(42(59)60)19-22-36(54)55)49(10)41(58)38(43(4,5)6)47-40(57)37(44(7,8)29-25-48(9)31-17-14-13-16-28(29)31)46-33(51)18-12-11-15-23-50-34(52)20-21-35(50)53/h13-14,16-17,20-21,24-26,30,32,37-38H,11-12,15,18-19,22-23H2,1-10H3,(H,45,56)(H,46,51)(H,47,57)(H,54,55)(H,59,60)/b27-24+/t30-,32?,37-,38?/m1/s1. The number of carbonyl (C=O) groups excluding carboxylic acids is 6. The van der Waals surface area contributed by atoms with Crippen molar-refractivity contribution in [2.75, 3.05) is 13.6 Å². The number of benzene rings is 1. The van der Waals surface area contributed by atoms with E-state index in [0.29, 0.717) is 19.3 Å². The van der Waals surface area contributed by atoms with Crippen LogP contribution in [0.2, 0.25) is 0 Å². The van der Waals surface area contributed by atoms with Crippen molar-refractivity contribution < 1.29 is 48.6 Å². The van der Waals surface area contributed by atoms with E-state index in [0.717, 1.165) is 21.4 Å². The predicted octanol–water partition coefficient (Wildman–Crippen LogP) is 3.82. The number of imide groups is 1. The number of rotatable bonds is 21. The van der Waals surface area contributed by atoms with E-state index in [1.807, 2.05) is 69.8 Å². The van der Waals surface area contributed by atoms with Crippen LogP contribution in [-0.2, 0) is 50.8 Å². The zero-order valence-electron chi connectivity index (χ0n) is 36.5. The van der Waals surface area contributed by atoms with Crippen molar-refractivity contribution in [2.45, 2.75) is 123 Å². The van der Waals surface area contributed by atoms with Crippen LogP contribution in [0.4, 0.5) is 0 Å². The van der Waals surface area contributed by atoms with Crippen molar-refractivity contribution in [1.82, 2.24) is 30.3 Å². The van der Waals surface area contributed by atoms with E-state index < -0.39 is 71.1 Å². The maximum atomic E-state index is 14.7. The Balaban J connectivity index is 1.90. The van der Waals surface area contributed by atoms with Gasteiger partial charge in [0.1, 0.15) is 18.1 Å². The lowest BCUT2D eigenvalue weighted by atomic mass is 9.76. The number of para-hydroxylation sites is 1. The zero-order chi connectivity index (χ0) is 45.3. The SMILES string of the molecule is C/C(=C\C(C(C)C)N(C)C(=O)C(NC(=O)[C@@H](NC(=O)CCCCCN1C(=O)C=CC1=O)C(C)(C)c1cn(C)c2ccccc12)C(C)(C)C)C(=O)N[C@H](CCC(=O)O)C(=O)O. The summed E-state index contributed by atoms with van der Waals surface area (Å²) in [5, 5.41) is 27.8. The van der Waals surface area contributed by atoms with E-state index in [-0.39, 0.29) is 48.6 Å². The number of nitrogens with zero attached hydrogens (tertiary/aromatic N) is 3. The summed E-state index contributed by atoms with van der Waals surface area (Å²) >= 11 is 0. The third-order valence-corrected chi connectivity index (χ3v) is 11.0. The Kier molecular flexibility index (Phi) is 16.6. The first kappa shape index (κ1) is 48.6. The number of likely N-dealkylation sites (N-methyl/N-ethyl adjacent to an activating group) is 1. The molecule has 1 aromatic heterocycles. The van der Waals surface area contributed by atoms with Gasteiger partial charge in [0.15, 0.2) is 0 Å². The highest BCUT2D eigenvalue weighted by Crippen LogP contribution is 2.35. The van der Waals surface area contributed by atoms with Gasteiger partial charge in [0.05, 0.1) is 6.04 Å². The molecule has 60 heavy (non-hydrogen) atoms. The number of amides is 6. The molecule has 0 radical (unpaired) electrons. The quantitative estimate of drug-likeness (QED) is 0.0695. The molecular weight excluding hydrogens is 773 g/mol. The van der Waals surface area contributed by atoms with E-state index >= 15 is 0 Å². The predicted molar refractivity (Wildman–Crippen MR) is 225 cm³/mol. The van der Waals surface area contributed by atoms with Gasteiger partial charge in [0.25, 0.3) is 11.8 Å². The van der Waals surface area contributed by atoms with E-state index in [1.54, 1.807) is 33.9 Å². The number of fused-ring (bicyclic) bond motifs is 1. The Morgan fingerprint density at radius 1 is 0.850 bits per heavy atom. The highest BCUT2D eigenvalue weighted by Gasteiger charge is 2.44. The van der Waals surface area contributed by atoms with Crippen molar-refractivity contribution in [3.05, 3.63) is 59.8 Å². The molecular formula is C44H62N6O10. The first-order valence-corrected chi connectivity index (χ1v) is 20.3. The molecule has 0 spiro atoms. The lowest BCUT2D eigenvalue weighted by molar-refractivity contribution is -0.142. The van der Waals surface area contributed by atoms with Crippen LogP contribution in [0.1, 0.15) is 99.5 Å². The van der Waals surface area contributed by atoms with Crippen LogP contribution in [0.3, 0.4) is 0 Å². The zero-order valence-corrected chi connectivity index (χ0v) is 36.5. The summed E-state index contributed by atoms with van der Waals surface area (Å²) in [6.07, 6.45) is 6.72. The molecule has 0 fully saturated rings. The molecule has 4 atom stereocenters. The normalized spacial score (nSPS) is 15.4. The average Bonchev–Trinajstić information content (AvgIpc) is 3.68. The van der Waals surface area contributed by atoms with Gasteiger partial charge in [-0.05, 0) is 49.1 Å². The third kappa shape index (κ3) is 12.4. The summed E-state index contributed by atoms with van der Waals surface area (Å²) in [6, 6.07) is 3.33. The number of aryl methyl sites for hydroxylation is 1. The summed E-state index contributed by atoms with van der Waals surface area (Å²) < 4.78 is 1.95. The Labute approximate surface area is 351 Å². The van der Waals surface area contributed by atoms with Gasteiger partial charge in [0, 0.05) is 73.7 Å². The van der Waals surface area contributed by atoms with Gasteiger partial charge in [-0.15, -0.1) is 0 Å². The summed E-state index contributed by atoms with van der Waals surface area (Å²) in [6.45, 7) is 14.5. The molecule has 1 aliphatic heterocycles. The van der Waals surface area contributed by atoms with Gasteiger partial charge in [-0.2, -0.15) is 0 Å². The van der Waals surface area contributed by atoms with Gasteiger partial charge in [-0.1, -0.05) is 79.2 Å². The van der Waals surface area contributed by atoms with Crippen molar-refractivity contribution in [3.63, 3.8) is 0 Å². The van der Waals surface area contributed by atoms with Crippen molar-refractivity contribution in [2.24, 2.45) is 18.4 Å².